The topological polar surface area (TPSA) is 62.5 Å². The third-order valence-corrected chi connectivity index (χ3v) is 4.20. The average molecular weight is 321 g/mol. The predicted octanol–water partition coefficient (Wildman–Crippen LogP) is 2.81. The zero-order chi connectivity index (χ0) is 16.7. The lowest BCUT2D eigenvalue weighted by Gasteiger charge is -2.13. The molecule has 0 atom stereocenters. The van der Waals surface area contributed by atoms with Crippen molar-refractivity contribution in [1.82, 2.24) is 14.6 Å². The number of anilines is 2. The maximum absolute atomic E-state index is 11.9. The lowest BCUT2D eigenvalue weighted by molar-refractivity contribution is -0.117. The van der Waals surface area contributed by atoms with Gasteiger partial charge in [-0.25, -0.2) is 4.52 Å². The highest BCUT2D eigenvalue weighted by atomic mass is 16.2. The summed E-state index contributed by atoms with van der Waals surface area (Å²) < 4.78 is 1.78. The molecule has 1 amide bonds. The van der Waals surface area contributed by atoms with Crippen molar-refractivity contribution >= 4 is 23.2 Å². The summed E-state index contributed by atoms with van der Waals surface area (Å²) in [5.74, 6) is 0.512. The van der Waals surface area contributed by atoms with Crippen LogP contribution >= 0.6 is 0 Å². The SMILES string of the molecule is CN(C)c1cccc(-c2cccc3nc(NC(=O)C4CC4)nn23)c1. The van der Waals surface area contributed by atoms with Crippen molar-refractivity contribution in [3.8, 4) is 11.3 Å². The zero-order valence-corrected chi connectivity index (χ0v) is 13.7. The van der Waals surface area contributed by atoms with Crippen molar-refractivity contribution in [2.75, 3.05) is 24.3 Å². The van der Waals surface area contributed by atoms with Gasteiger partial charge in [0.25, 0.3) is 0 Å². The molecule has 0 spiro atoms. The first-order valence-electron chi connectivity index (χ1n) is 8.06. The number of pyridine rings is 1. The highest BCUT2D eigenvalue weighted by molar-refractivity contribution is 5.92. The summed E-state index contributed by atoms with van der Waals surface area (Å²) in [4.78, 5) is 18.4. The molecule has 122 valence electrons. The molecule has 1 saturated carbocycles. The van der Waals surface area contributed by atoms with Crippen LogP contribution in [0.25, 0.3) is 16.9 Å². The number of nitrogens with one attached hydrogen (secondary N) is 1. The summed E-state index contributed by atoms with van der Waals surface area (Å²) in [6.07, 6.45) is 1.92. The second kappa shape index (κ2) is 5.63. The van der Waals surface area contributed by atoms with Gasteiger partial charge in [0.1, 0.15) is 0 Å². The Morgan fingerprint density at radius 1 is 1.21 bits per heavy atom. The van der Waals surface area contributed by atoms with Crippen molar-refractivity contribution in [1.29, 1.82) is 0 Å². The van der Waals surface area contributed by atoms with Gasteiger partial charge in [-0.05, 0) is 37.1 Å². The van der Waals surface area contributed by atoms with Gasteiger partial charge in [-0.2, -0.15) is 4.98 Å². The predicted molar refractivity (Wildman–Crippen MR) is 94.1 cm³/mol. The summed E-state index contributed by atoms with van der Waals surface area (Å²) in [6.45, 7) is 0. The highest BCUT2D eigenvalue weighted by Crippen LogP contribution is 2.30. The minimum Gasteiger partial charge on any atom is -0.378 e. The summed E-state index contributed by atoms with van der Waals surface area (Å²) in [5.41, 5.74) is 3.83. The van der Waals surface area contributed by atoms with E-state index in [0.29, 0.717) is 11.6 Å². The number of carbonyl (C=O) groups excluding carboxylic acids is 1. The zero-order valence-electron chi connectivity index (χ0n) is 13.7. The number of fused-ring (bicyclic) bond motifs is 1. The molecule has 0 unspecified atom stereocenters. The number of benzene rings is 1. The smallest absolute Gasteiger partial charge is 0.249 e. The Labute approximate surface area is 140 Å². The number of amides is 1. The summed E-state index contributed by atoms with van der Waals surface area (Å²) in [7, 11) is 4.03. The van der Waals surface area contributed by atoms with Crippen LogP contribution in [0.1, 0.15) is 12.8 Å². The number of nitrogens with zero attached hydrogens (tertiary/aromatic N) is 4. The Bertz CT molecular complexity index is 911. The van der Waals surface area contributed by atoms with Gasteiger partial charge in [0.05, 0.1) is 5.69 Å². The van der Waals surface area contributed by atoms with E-state index < -0.39 is 0 Å². The van der Waals surface area contributed by atoms with Crippen LogP contribution in [0, 0.1) is 5.92 Å². The van der Waals surface area contributed by atoms with E-state index in [-0.39, 0.29) is 11.8 Å². The molecule has 1 aliphatic rings. The van der Waals surface area contributed by atoms with E-state index in [2.05, 4.69) is 32.4 Å². The molecule has 1 fully saturated rings. The first-order chi connectivity index (χ1) is 11.6. The van der Waals surface area contributed by atoms with E-state index in [1.807, 2.05) is 44.4 Å². The van der Waals surface area contributed by atoms with Crippen LogP contribution in [0.3, 0.4) is 0 Å². The van der Waals surface area contributed by atoms with Crippen LogP contribution in [0.2, 0.25) is 0 Å². The van der Waals surface area contributed by atoms with Crippen LogP contribution in [0.4, 0.5) is 11.6 Å². The van der Waals surface area contributed by atoms with Crippen molar-refractivity contribution in [3.63, 3.8) is 0 Å². The van der Waals surface area contributed by atoms with Gasteiger partial charge in [0.15, 0.2) is 5.65 Å². The second-order valence-electron chi connectivity index (χ2n) is 6.32. The largest absolute Gasteiger partial charge is 0.378 e. The van der Waals surface area contributed by atoms with Crippen molar-refractivity contribution < 1.29 is 4.79 Å². The van der Waals surface area contributed by atoms with Gasteiger partial charge < -0.3 is 4.90 Å². The van der Waals surface area contributed by atoms with Crippen LogP contribution in [-0.4, -0.2) is 34.6 Å². The summed E-state index contributed by atoms with van der Waals surface area (Å²) >= 11 is 0. The molecular weight excluding hydrogens is 302 g/mol. The molecule has 2 aromatic heterocycles. The Morgan fingerprint density at radius 3 is 2.75 bits per heavy atom. The fraction of sp³-hybridized carbons (Fsp3) is 0.278. The van der Waals surface area contributed by atoms with E-state index >= 15 is 0 Å². The Kier molecular flexibility index (Phi) is 3.45. The molecule has 1 aromatic carbocycles. The Hall–Kier alpha value is -2.89. The first-order valence-corrected chi connectivity index (χ1v) is 8.06. The van der Waals surface area contributed by atoms with Crippen LogP contribution in [0.15, 0.2) is 42.5 Å². The molecule has 24 heavy (non-hydrogen) atoms. The maximum atomic E-state index is 11.9. The van der Waals surface area contributed by atoms with Crippen LogP contribution in [-0.2, 0) is 4.79 Å². The van der Waals surface area contributed by atoms with E-state index in [9.17, 15) is 4.79 Å². The molecule has 3 aromatic rings. The summed E-state index contributed by atoms with van der Waals surface area (Å²) in [6, 6.07) is 14.1. The molecule has 4 rings (SSSR count). The lowest BCUT2D eigenvalue weighted by atomic mass is 10.1. The van der Waals surface area contributed by atoms with Gasteiger partial charge in [-0.3, -0.25) is 10.1 Å². The normalized spacial score (nSPS) is 13.9. The van der Waals surface area contributed by atoms with Crippen LogP contribution < -0.4 is 10.2 Å². The van der Waals surface area contributed by atoms with Gasteiger partial charge in [-0.15, -0.1) is 5.10 Å². The third-order valence-electron chi connectivity index (χ3n) is 4.20. The fourth-order valence-electron chi connectivity index (χ4n) is 2.68. The molecule has 2 heterocycles. The number of aromatic nitrogens is 3. The monoisotopic (exact) mass is 321 g/mol. The number of rotatable bonds is 4. The lowest BCUT2D eigenvalue weighted by Crippen LogP contribution is -2.14. The molecule has 0 aliphatic heterocycles. The molecule has 1 N–H and O–H groups in total. The molecule has 0 bridgehead atoms. The molecular formula is C18H19N5O. The second-order valence-corrected chi connectivity index (χ2v) is 6.32. The third kappa shape index (κ3) is 2.71. The summed E-state index contributed by atoms with van der Waals surface area (Å²) in [5, 5.41) is 7.29. The highest BCUT2D eigenvalue weighted by Gasteiger charge is 2.30. The molecule has 6 heteroatoms. The quantitative estimate of drug-likeness (QED) is 0.802. The molecule has 1 aliphatic carbocycles. The molecule has 0 radical (unpaired) electrons. The van der Waals surface area contributed by atoms with E-state index in [0.717, 1.165) is 29.8 Å². The molecule has 6 nitrogen and oxygen atoms in total. The number of hydrogen-bond acceptors (Lipinski definition) is 4. The van der Waals surface area contributed by atoms with E-state index in [1.54, 1.807) is 4.52 Å². The van der Waals surface area contributed by atoms with Gasteiger partial charge in [0, 0.05) is 31.3 Å². The van der Waals surface area contributed by atoms with Gasteiger partial charge >= 0.3 is 0 Å². The van der Waals surface area contributed by atoms with Gasteiger partial charge in [0.2, 0.25) is 11.9 Å². The van der Waals surface area contributed by atoms with Crippen LogP contribution in [0.5, 0.6) is 0 Å². The fourth-order valence-corrected chi connectivity index (χ4v) is 2.68. The minimum absolute atomic E-state index is 0.0158. The van der Waals surface area contributed by atoms with Gasteiger partial charge in [-0.1, -0.05) is 18.2 Å². The Morgan fingerprint density at radius 2 is 2.00 bits per heavy atom. The number of hydrogen-bond donors (Lipinski definition) is 1. The standard InChI is InChI=1S/C18H19N5O/c1-22(2)14-6-3-5-13(11-14)15-7-4-8-16-19-18(21-23(15)16)20-17(24)12-9-10-12/h3-8,11-12H,9-10H2,1-2H3,(H,20,21,24). The Balaban J connectivity index is 1.74. The van der Waals surface area contributed by atoms with Crippen molar-refractivity contribution in [3.05, 3.63) is 42.5 Å². The number of carbonyl (C=O) groups is 1. The average Bonchev–Trinajstić information content (AvgIpc) is 3.35. The first kappa shape index (κ1) is 14.7. The van der Waals surface area contributed by atoms with E-state index in [4.69, 9.17) is 0 Å². The maximum Gasteiger partial charge on any atom is 0.249 e. The molecule has 0 saturated heterocycles. The van der Waals surface area contributed by atoms with Crippen molar-refractivity contribution in [2.24, 2.45) is 5.92 Å². The van der Waals surface area contributed by atoms with Crippen molar-refractivity contribution in [2.45, 2.75) is 12.8 Å². The van der Waals surface area contributed by atoms with E-state index in [1.165, 1.54) is 0 Å². The minimum atomic E-state index is 0.0158.